The van der Waals surface area contributed by atoms with Crippen molar-refractivity contribution in [3.05, 3.63) is 53.7 Å². The Morgan fingerprint density at radius 2 is 1.85 bits per heavy atom. The van der Waals surface area contributed by atoms with Crippen LogP contribution >= 0.6 is 0 Å². The topological polar surface area (TPSA) is 74.9 Å². The van der Waals surface area contributed by atoms with Gasteiger partial charge >= 0.3 is 0 Å². The molecule has 0 radical (unpaired) electrons. The highest BCUT2D eigenvalue weighted by Gasteiger charge is 2.15. The van der Waals surface area contributed by atoms with E-state index in [2.05, 4.69) is 35.4 Å². The number of anilines is 1. The molecular formula is C20H21N3O2S. The van der Waals surface area contributed by atoms with Crippen molar-refractivity contribution in [3.63, 3.8) is 0 Å². The lowest BCUT2D eigenvalue weighted by atomic mass is 9.98. The molecule has 0 aliphatic rings. The molecule has 0 saturated heterocycles. The summed E-state index contributed by atoms with van der Waals surface area (Å²) in [6.45, 7) is 6.17. The summed E-state index contributed by atoms with van der Waals surface area (Å²) in [5.74, 6) is 0. The van der Waals surface area contributed by atoms with E-state index in [1.54, 1.807) is 6.07 Å². The summed E-state index contributed by atoms with van der Waals surface area (Å²) >= 11 is 0. The molecule has 1 N–H and O–H groups in total. The van der Waals surface area contributed by atoms with Gasteiger partial charge < -0.3 is 4.57 Å². The monoisotopic (exact) mass is 367 g/mol. The maximum Gasteiger partial charge on any atom is 0.229 e. The predicted molar refractivity (Wildman–Crippen MR) is 106 cm³/mol. The Bertz CT molecular complexity index is 1140. The highest BCUT2D eigenvalue weighted by atomic mass is 32.2. The van der Waals surface area contributed by atoms with Crippen molar-refractivity contribution in [2.24, 2.45) is 0 Å². The first kappa shape index (κ1) is 18.0. The van der Waals surface area contributed by atoms with Gasteiger partial charge in [0, 0.05) is 23.2 Å². The van der Waals surface area contributed by atoms with Crippen LogP contribution in [0.15, 0.2) is 42.6 Å². The van der Waals surface area contributed by atoms with Crippen LogP contribution < -0.4 is 4.72 Å². The number of rotatable bonds is 4. The van der Waals surface area contributed by atoms with Crippen molar-refractivity contribution in [1.82, 2.24) is 4.57 Å². The summed E-state index contributed by atoms with van der Waals surface area (Å²) in [4.78, 5) is 0. The first-order chi connectivity index (χ1) is 12.2. The van der Waals surface area contributed by atoms with Crippen LogP contribution in [0.4, 0.5) is 5.69 Å². The molecule has 2 aromatic carbocycles. The van der Waals surface area contributed by atoms with Crippen LogP contribution in [0.3, 0.4) is 0 Å². The Balaban J connectivity index is 2.23. The third-order valence-electron chi connectivity index (χ3n) is 4.34. The number of aromatic nitrogens is 1. The molecule has 6 heteroatoms. The molecule has 3 aromatic rings. The Labute approximate surface area is 153 Å². The maximum absolute atomic E-state index is 11.5. The zero-order chi connectivity index (χ0) is 19.1. The van der Waals surface area contributed by atoms with E-state index < -0.39 is 10.0 Å². The van der Waals surface area contributed by atoms with Crippen LogP contribution in [0.1, 0.15) is 31.0 Å². The van der Waals surface area contributed by atoms with Crippen molar-refractivity contribution in [1.29, 1.82) is 5.26 Å². The van der Waals surface area contributed by atoms with E-state index in [1.807, 2.05) is 37.3 Å². The van der Waals surface area contributed by atoms with Gasteiger partial charge in [0.15, 0.2) is 0 Å². The number of nitriles is 1. The highest BCUT2D eigenvalue weighted by Crippen LogP contribution is 2.36. The average Bonchev–Trinajstić information content (AvgIpc) is 2.92. The molecule has 0 spiro atoms. The maximum atomic E-state index is 11.5. The fourth-order valence-electron chi connectivity index (χ4n) is 3.21. The first-order valence-electron chi connectivity index (χ1n) is 8.33. The second-order valence-electron chi connectivity index (χ2n) is 6.79. The summed E-state index contributed by atoms with van der Waals surface area (Å²) < 4.78 is 27.8. The lowest BCUT2D eigenvalue weighted by molar-refractivity contribution is 0.607. The van der Waals surface area contributed by atoms with E-state index in [4.69, 9.17) is 5.26 Å². The molecule has 3 rings (SSSR count). The minimum absolute atomic E-state index is 0.221. The molecular weight excluding hydrogens is 346 g/mol. The van der Waals surface area contributed by atoms with Crippen molar-refractivity contribution >= 4 is 26.6 Å². The summed E-state index contributed by atoms with van der Waals surface area (Å²) in [6, 6.07) is 13.6. The summed E-state index contributed by atoms with van der Waals surface area (Å²) in [6.07, 6.45) is 3.23. The van der Waals surface area contributed by atoms with Crippen LogP contribution in [0.25, 0.3) is 22.0 Å². The Morgan fingerprint density at radius 3 is 2.42 bits per heavy atom. The van der Waals surface area contributed by atoms with Gasteiger partial charge in [-0.05, 0) is 56.2 Å². The quantitative estimate of drug-likeness (QED) is 0.741. The molecule has 0 aliphatic carbocycles. The largest absolute Gasteiger partial charge is 0.344 e. The summed E-state index contributed by atoms with van der Waals surface area (Å²) in [7, 11) is -3.33. The van der Waals surface area contributed by atoms with Gasteiger partial charge in [-0.25, -0.2) is 8.42 Å². The molecule has 0 fully saturated rings. The van der Waals surface area contributed by atoms with Gasteiger partial charge in [-0.3, -0.25) is 4.72 Å². The smallest absolute Gasteiger partial charge is 0.229 e. The molecule has 1 heterocycles. The second kappa shape index (κ2) is 6.50. The molecule has 0 atom stereocenters. The Morgan fingerprint density at radius 1 is 1.12 bits per heavy atom. The van der Waals surface area contributed by atoms with E-state index in [1.165, 1.54) is 0 Å². The normalized spacial score (nSPS) is 11.7. The molecule has 0 unspecified atom stereocenters. The number of fused-ring (bicyclic) bond motifs is 1. The van der Waals surface area contributed by atoms with Gasteiger partial charge in [-0.2, -0.15) is 5.26 Å². The molecule has 134 valence electrons. The van der Waals surface area contributed by atoms with Gasteiger partial charge in [0.05, 0.1) is 29.1 Å². The molecule has 0 amide bonds. The van der Waals surface area contributed by atoms with E-state index in [0.717, 1.165) is 33.8 Å². The molecule has 1 aromatic heterocycles. The third kappa shape index (κ3) is 3.44. The molecule has 0 aliphatic heterocycles. The molecule has 0 saturated carbocycles. The van der Waals surface area contributed by atoms with E-state index in [9.17, 15) is 8.42 Å². The zero-order valence-electron chi connectivity index (χ0n) is 15.2. The SMILES string of the molecule is Cc1cc(C#N)ccc1-c1cn(C(C)C)c2cc(NS(C)(=O)=O)ccc12. The molecule has 0 bridgehead atoms. The van der Waals surface area contributed by atoms with Crippen molar-refractivity contribution < 1.29 is 8.42 Å². The number of hydrogen-bond donors (Lipinski definition) is 1. The number of nitrogens with zero attached hydrogens (tertiary/aromatic N) is 2. The highest BCUT2D eigenvalue weighted by molar-refractivity contribution is 7.92. The lowest BCUT2D eigenvalue weighted by Crippen LogP contribution is -2.09. The van der Waals surface area contributed by atoms with Crippen molar-refractivity contribution in [2.45, 2.75) is 26.8 Å². The summed E-state index contributed by atoms with van der Waals surface area (Å²) in [5, 5.41) is 10.1. The average molecular weight is 367 g/mol. The number of sulfonamides is 1. The Hall–Kier alpha value is -2.78. The van der Waals surface area contributed by atoms with Gasteiger partial charge in [0.2, 0.25) is 10.0 Å². The van der Waals surface area contributed by atoms with E-state index >= 15 is 0 Å². The minimum Gasteiger partial charge on any atom is -0.344 e. The van der Waals surface area contributed by atoms with E-state index in [0.29, 0.717) is 11.3 Å². The van der Waals surface area contributed by atoms with Gasteiger partial charge in [-0.1, -0.05) is 12.1 Å². The Kier molecular flexibility index (Phi) is 4.51. The lowest BCUT2D eigenvalue weighted by Gasteiger charge is -2.10. The van der Waals surface area contributed by atoms with Crippen LogP contribution in [-0.4, -0.2) is 19.2 Å². The van der Waals surface area contributed by atoms with Crippen molar-refractivity contribution in [2.75, 3.05) is 11.0 Å². The van der Waals surface area contributed by atoms with Crippen LogP contribution in [-0.2, 0) is 10.0 Å². The molecule has 5 nitrogen and oxygen atoms in total. The minimum atomic E-state index is -3.33. The number of hydrogen-bond acceptors (Lipinski definition) is 3. The van der Waals surface area contributed by atoms with Gasteiger partial charge in [0.25, 0.3) is 0 Å². The standard InChI is InChI=1S/C20H21N3O2S/c1-13(2)23-12-19(17-7-5-15(11-21)9-14(17)3)18-8-6-16(10-20(18)23)22-26(4,24)25/h5-10,12-13,22H,1-4H3. The fourth-order valence-corrected chi connectivity index (χ4v) is 3.76. The van der Waals surface area contributed by atoms with Gasteiger partial charge in [-0.15, -0.1) is 0 Å². The first-order valence-corrected chi connectivity index (χ1v) is 10.2. The van der Waals surface area contributed by atoms with Crippen LogP contribution in [0, 0.1) is 18.3 Å². The van der Waals surface area contributed by atoms with Crippen LogP contribution in [0.2, 0.25) is 0 Å². The molecule has 26 heavy (non-hydrogen) atoms. The van der Waals surface area contributed by atoms with Gasteiger partial charge in [0.1, 0.15) is 0 Å². The zero-order valence-corrected chi connectivity index (χ0v) is 16.1. The summed E-state index contributed by atoms with van der Waals surface area (Å²) in [5.41, 5.74) is 5.32. The predicted octanol–water partition coefficient (Wildman–Crippen LogP) is 4.44. The van der Waals surface area contributed by atoms with Crippen LogP contribution in [0.5, 0.6) is 0 Å². The van der Waals surface area contributed by atoms with E-state index in [-0.39, 0.29) is 6.04 Å². The number of aryl methyl sites for hydroxylation is 1. The van der Waals surface area contributed by atoms with Crippen molar-refractivity contribution in [3.8, 4) is 17.2 Å². The second-order valence-corrected chi connectivity index (χ2v) is 8.54. The number of benzene rings is 2. The third-order valence-corrected chi connectivity index (χ3v) is 4.95. The fraction of sp³-hybridized carbons (Fsp3) is 0.250. The number of nitrogens with one attached hydrogen (secondary N) is 1.